The van der Waals surface area contributed by atoms with Crippen LogP contribution in [-0.2, 0) is 24.0 Å². The number of hydrazine groups is 1. The highest BCUT2D eigenvalue weighted by Crippen LogP contribution is 1.99. The van der Waals surface area contributed by atoms with Crippen LogP contribution in [0.3, 0.4) is 0 Å². The summed E-state index contributed by atoms with van der Waals surface area (Å²) in [4.78, 5) is 65.4. The van der Waals surface area contributed by atoms with Crippen molar-refractivity contribution < 1.29 is 24.0 Å². The maximum atomic E-state index is 12.2. The molecule has 0 atom stereocenters. The maximum Gasteiger partial charge on any atom is 0.244 e. The van der Waals surface area contributed by atoms with E-state index < -0.39 is 23.6 Å². The van der Waals surface area contributed by atoms with E-state index in [2.05, 4.69) is 0 Å². The van der Waals surface area contributed by atoms with Gasteiger partial charge in [-0.2, -0.15) is 0 Å². The van der Waals surface area contributed by atoms with Crippen LogP contribution in [0.25, 0.3) is 0 Å². The Morgan fingerprint density at radius 3 is 1.35 bits per heavy atom. The molecule has 0 aromatic rings. The summed E-state index contributed by atoms with van der Waals surface area (Å²) in [5.41, 5.74) is 0. The molecule has 0 aliphatic carbocycles. The number of nitrogens with two attached hydrogens (primary N) is 1. The van der Waals surface area contributed by atoms with Gasteiger partial charge in [-0.15, -0.1) is 0 Å². The molecule has 1 aliphatic heterocycles. The number of carbonyl (C=O) groups excluding carboxylic acids is 5. The van der Waals surface area contributed by atoms with E-state index in [1.54, 1.807) is 0 Å². The maximum absolute atomic E-state index is 12.2. The molecule has 1 rings (SSSR count). The van der Waals surface area contributed by atoms with Gasteiger partial charge in [-0.05, 0) is 0 Å². The van der Waals surface area contributed by atoms with E-state index >= 15 is 0 Å². The normalized spacial score (nSPS) is 20.3. The zero-order chi connectivity index (χ0) is 20.0. The Morgan fingerprint density at radius 2 is 0.923 bits per heavy atom. The van der Waals surface area contributed by atoms with E-state index in [0.29, 0.717) is 0 Å². The molecule has 1 aliphatic rings. The predicted molar refractivity (Wildman–Crippen MR) is 91.1 cm³/mol. The molecule has 0 aromatic heterocycles. The molecule has 146 valence electrons. The number of hydrogen-bond acceptors (Lipinski definition) is 6. The molecule has 1 heterocycles. The van der Waals surface area contributed by atoms with Gasteiger partial charge in [-0.3, -0.25) is 29.0 Å². The Hall–Kier alpha value is -2.69. The summed E-state index contributed by atoms with van der Waals surface area (Å²) in [5, 5.41) is 0.771. The van der Waals surface area contributed by atoms with E-state index in [0.717, 1.165) is 9.91 Å². The van der Waals surface area contributed by atoms with E-state index in [-0.39, 0.29) is 45.1 Å². The fourth-order valence-electron chi connectivity index (χ4n) is 2.12. The second-order valence-corrected chi connectivity index (χ2v) is 6.34. The second-order valence-electron chi connectivity index (χ2n) is 6.34. The molecule has 11 nitrogen and oxygen atoms in total. The Bertz CT molecular complexity index is 595. The molecule has 0 spiro atoms. The van der Waals surface area contributed by atoms with Crippen molar-refractivity contribution in [2.45, 2.75) is 6.42 Å². The first-order valence-electron chi connectivity index (χ1n) is 8.03. The first-order chi connectivity index (χ1) is 12.0. The number of carbonyl (C=O) groups is 5. The molecular formula is C15H26N6O5. The standard InChI is InChI=1S/C15H26N6O5/c1-17-6-5-11(22)21(16)10-15(26)20(4)9-14(25)19(3)8-13(24)18(2)7-12(17)23/h5-10,16H2,1-4H3. The van der Waals surface area contributed by atoms with Crippen LogP contribution < -0.4 is 5.84 Å². The van der Waals surface area contributed by atoms with Crippen molar-refractivity contribution >= 4 is 29.5 Å². The zero-order valence-corrected chi connectivity index (χ0v) is 15.6. The van der Waals surface area contributed by atoms with E-state index in [9.17, 15) is 24.0 Å². The molecule has 5 amide bonds. The fourth-order valence-corrected chi connectivity index (χ4v) is 2.12. The second kappa shape index (κ2) is 9.13. The lowest BCUT2D eigenvalue weighted by atomic mass is 10.3. The first-order valence-corrected chi connectivity index (χ1v) is 8.03. The summed E-state index contributed by atoms with van der Waals surface area (Å²) in [6, 6.07) is 0. The number of amides is 5. The minimum Gasteiger partial charge on any atom is -0.344 e. The quantitative estimate of drug-likeness (QED) is 0.356. The summed E-state index contributed by atoms with van der Waals surface area (Å²) < 4.78 is 0. The zero-order valence-electron chi connectivity index (χ0n) is 15.6. The topological polar surface area (TPSA) is 128 Å². The Labute approximate surface area is 152 Å². The van der Waals surface area contributed by atoms with Gasteiger partial charge in [0, 0.05) is 41.2 Å². The Morgan fingerprint density at radius 1 is 0.577 bits per heavy atom. The molecule has 1 fully saturated rings. The summed E-state index contributed by atoms with van der Waals surface area (Å²) >= 11 is 0. The van der Waals surface area contributed by atoms with Crippen molar-refractivity contribution in [3.05, 3.63) is 0 Å². The molecule has 11 heteroatoms. The summed E-state index contributed by atoms with van der Waals surface area (Å²) in [7, 11) is 5.81. The van der Waals surface area contributed by atoms with E-state index in [4.69, 9.17) is 5.84 Å². The molecule has 26 heavy (non-hydrogen) atoms. The summed E-state index contributed by atoms with van der Waals surface area (Å²) in [5.74, 6) is 3.37. The van der Waals surface area contributed by atoms with Crippen LogP contribution in [0.15, 0.2) is 0 Å². The van der Waals surface area contributed by atoms with Crippen molar-refractivity contribution in [3.8, 4) is 0 Å². The minimum atomic E-state index is -0.512. The van der Waals surface area contributed by atoms with E-state index in [1.165, 1.54) is 42.9 Å². The third kappa shape index (κ3) is 5.99. The van der Waals surface area contributed by atoms with Gasteiger partial charge in [-0.25, -0.2) is 5.84 Å². The lowest BCUT2D eigenvalue weighted by Gasteiger charge is -2.27. The smallest absolute Gasteiger partial charge is 0.244 e. The summed E-state index contributed by atoms with van der Waals surface area (Å²) in [6.45, 7) is -0.913. The molecule has 0 radical (unpaired) electrons. The van der Waals surface area contributed by atoms with Crippen molar-refractivity contribution in [1.29, 1.82) is 0 Å². The molecule has 0 saturated carbocycles. The summed E-state index contributed by atoms with van der Waals surface area (Å²) in [6.07, 6.45) is -0.0605. The van der Waals surface area contributed by atoms with Gasteiger partial charge in [0.05, 0.1) is 19.6 Å². The highest BCUT2D eigenvalue weighted by molar-refractivity contribution is 5.91. The highest BCUT2D eigenvalue weighted by atomic mass is 16.2. The van der Waals surface area contributed by atoms with Crippen molar-refractivity contribution in [2.75, 3.05) is 60.9 Å². The van der Waals surface area contributed by atoms with Gasteiger partial charge >= 0.3 is 0 Å². The van der Waals surface area contributed by atoms with Crippen LogP contribution in [0, 0.1) is 0 Å². The van der Waals surface area contributed by atoms with Gasteiger partial charge in [0.2, 0.25) is 29.5 Å². The van der Waals surface area contributed by atoms with Crippen LogP contribution in [0.5, 0.6) is 0 Å². The van der Waals surface area contributed by atoms with Gasteiger partial charge in [0.25, 0.3) is 0 Å². The molecule has 0 bridgehead atoms. The van der Waals surface area contributed by atoms with Crippen molar-refractivity contribution in [3.63, 3.8) is 0 Å². The number of rotatable bonds is 0. The van der Waals surface area contributed by atoms with Gasteiger partial charge in [0.1, 0.15) is 6.54 Å². The molecular weight excluding hydrogens is 344 g/mol. The number of nitrogens with zero attached hydrogens (tertiary/aromatic N) is 5. The van der Waals surface area contributed by atoms with Crippen LogP contribution in [0.2, 0.25) is 0 Å². The van der Waals surface area contributed by atoms with Crippen LogP contribution in [-0.4, -0.2) is 115 Å². The Kier molecular flexibility index (Phi) is 7.50. The minimum absolute atomic E-state index is 0.0605. The van der Waals surface area contributed by atoms with Gasteiger partial charge < -0.3 is 19.6 Å². The molecule has 1 saturated heterocycles. The van der Waals surface area contributed by atoms with Crippen molar-refractivity contribution in [2.24, 2.45) is 5.84 Å². The third-order valence-corrected chi connectivity index (χ3v) is 4.11. The highest BCUT2D eigenvalue weighted by Gasteiger charge is 2.24. The third-order valence-electron chi connectivity index (χ3n) is 4.11. The Balaban J connectivity index is 2.95. The fraction of sp³-hybridized carbons (Fsp3) is 0.667. The lowest BCUT2D eigenvalue weighted by molar-refractivity contribution is -0.146. The van der Waals surface area contributed by atoms with Gasteiger partial charge in [-0.1, -0.05) is 0 Å². The lowest BCUT2D eigenvalue weighted by Crippen LogP contribution is -2.50. The van der Waals surface area contributed by atoms with E-state index in [1.807, 2.05) is 0 Å². The number of likely N-dealkylation sites (N-methyl/N-ethyl adjacent to an activating group) is 4. The average Bonchev–Trinajstić information content (AvgIpc) is 2.57. The monoisotopic (exact) mass is 370 g/mol. The van der Waals surface area contributed by atoms with Crippen LogP contribution in [0.1, 0.15) is 6.42 Å². The van der Waals surface area contributed by atoms with Crippen molar-refractivity contribution in [1.82, 2.24) is 24.6 Å². The molecule has 0 unspecified atom stereocenters. The first kappa shape index (κ1) is 21.4. The van der Waals surface area contributed by atoms with Gasteiger partial charge in [0.15, 0.2) is 0 Å². The average molecular weight is 370 g/mol. The van der Waals surface area contributed by atoms with Crippen LogP contribution in [0.4, 0.5) is 0 Å². The largest absolute Gasteiger partial charge is 0.344 e. The predicted octanol–water partition coefficient (Wildman–Crippen LogP) is -3.07. The number of hydrogen-bond donors (Lipinski definition) is 1. The van der Waals surface area contributed by atoms with Crippen LogP contribution >= 0.6 is 0 Å². The molecule has 2 N–H and O–H groups in total. The molecule has 0 aromatic carbocycles. The SMILES string of the molecule is CN1CCC(=O)N(N)CC(=O)N(C)CC(=O)N(C)CC(=O)N(C)CC1=O.